The predicted octanol–water partition coefficient (Wildman–Crippen LogP) is 5.73. The van der Waals surface area contributed by atoms with E-state index in [1.165, 1.54) is 24.3 Å². The van der Waals surface area contributed by atoms with Crippen molar-refractivity contribution in [2.75, 3.05) is 0 Å². The summed E-state index contributed by atoms with van der Waals surface area (Å²) < 4.78 is 42.6. The molecule has 1 aliphatic heterocycles. The van der Waals surface area contributed by atoms with Gasteiger partial charge >= 0.3 is 0 Å². The van der Waals surface area contributed by atoms with E-state index in [1.54, 1.807) is 18.3 Å². The minimum absolute atomic E-state index is 0.0562. The van der Waals surface area contributed by atoms with Crippen LogP contribution in [0.4, 0.5) is 13.2 Å². The van der Waals surface area contributed by atoms with Crippen LogP contribution in [0.15, 0.2) is 59.7 Å². The molecule has 6 heteroatoms. The second-order valence-electron chi connectivity index (χ2n) is 6.28. The van der Waals surface area contributed by atoms with Gasteiger partial charge in [0, 0.05) is 29.8 Å². The third kappa shape index (κ3) is 2.82. The topological polar surface area (TPSA) is 17.3 Å². The predicted molar refractivity (Wildman–Crippen MR) is 96.1 cm³/mol. The second kappa shape index (κ2) is 6.02. The molecule has 0 saturated carbocycles. The average Bonchev–Trinajstić information content (AvgIpc) is 2.99. The summed E-state index contributed by atoms with van der Waals surface area (Å²) in [7, 11) is 0. The van der Waals surface area contributed by atoms with Crippen molar-refractivity contribution < 1.29 is 13.2 Å². The molecule has 0 aliphatic carbocycles. The van der Waals surface area contributed by atoms with E-state index in [1.807, 2.05) is 16.7 Å². The smallest absolute Gasteiger partial charge is 0.270 e. The Kier molecular flexibility index (Phi) is 3.92. The van der Waals surface area contributed by atoms with Crippen LogP contribution in [-0.2, 0) is 12.5 Å². The molecule has 26 heavy (non-hydrogen) atoms. The lowest BCUT2D eigenvalue weighted by Gasteiger charge is -2.13. The van der Waals surface area contributed by atoms with Crippen molar-refractivity contribution >= 4 is 17.3 Å². The number of fused-ring (bicyclic) bond motifs is 3. The zero-order valence-electron chi connectivity index (χ0n) is 13.8. The molecular weight excluding hydrogens is 361 g/mol. The van der Waals surface area contributed by atoms with Gasteiger partial charge in [-0.1, -0.05) is 35.9 Å². The van der Waals surface area contributed by atoms with Crippen LogP contribution in [0, 0.1) is 5.82 Å². The van der Waals surface area contributed by atoms with Crippen LogP contribution in [0.2, 0.25) is 5.02 Å². The van der Waals surface area contributed by atoms with E-state index < -0.39 is 11.7 Å². The zero-order valence-corrected chi connectivity index (χ0v) is 14.6. The maximum atomic E-state index is 13.9. The van der Waals surface area contributed by atoms with Gasteiger partial charge in [-0.15, -0.1) is 0 Å². The molecule has 132 valence electrons. The highest BCUT2D eigenvalue weighted by Crippen LogP contribution is 2.32. The summed E-state index contributed by atoms with van der Waals surface area (Å²) in [5.41, 5.74) is 3.40. The molecule has 0 amide bonds. The first-order valence-corrected chi connectivity index (χ1v) is 8.41. The van der Waals surface area contributed by atoms with E-state index in [4.69, 9.17) is 11.6 Å². The van der Waals surface area contributed by atoms with Gasteiger partial charge in [-0.2, -0.15) is 0 Å². The quantitative estimate of drug-likeness (QED) is 0.545. The molecule has 0 N–H and O–H groups in total. The number of halogens is 4. The summed E-state index contributed by atoms with van der Waals surface area (Å²) in [5, 5.41) is 0.311. The highest BCUT2D eigenvalue weighted by Gasteiger charge is 2.25. The van der Waals surface area contributed by atoms with Crippen molar-refractivity contribution in [1.29, 1.82) is 0 Å². The molecule has 1 aromatic heterocycles. The number of hydrogen-bond acceptors (Lipinski definition) is 1. The van der Waals surface area contributed by atoms with Gasteiger partial charge in [-0.3, -0.25) is 4.99 Å². The average molecular weight is 375 g/mol. The third-order valence-electron chi connectivity index (χ3n) is 4.45. The van der Waals surface area contributed by atoms with Crippen molar-refractivity contribution in [3.63, 3.8) is 0 Å². The van der Waals surface area contributed by atoms with Crippen LogP contribution in [-0.4, -0.2) is 10.3 Å². The molecule has 0 bridgehead atoms. The van der Waals surface area contributed by atoms with Gasteiger partial charge in [0.05, 0.1) is 28.7 Å². The van der Waals surface area contributed by atoms with Gasteiger partial charge in [0.2, 0.25) is 0 Å². The van der Waals surface area contributed by atoms with Gasteiger partial charge in [-0.25, -0.2) is 13.2 Å². The van der Waals surface area contributed by atoms with Crippen molar-refractivity contribution in [3.05, 3.63) is 88.0 Å². The Hall–Kier alpha value is -2.53. The van der Waals surface area contributed by atoms with Crippen LogP contribution in [0.3, 0.4) is 0 Å². The van der Waals surface area contributed by atoms with Crippen LogP contribution in [0.1, 0.15) is 29.3 Å². The Balaban J connectivity index is 1.85. The van der Waals surface area contributed by atoms with E-state index >= 15 is 0 Å². The largest absolute Gasteiger partial charge is 0.315 e. The Labute approximate surface area is 153 Å². The molecule has 0 spiro atoms. The zero-order chi connectivity index (χ0) is 18.5. The van der Waals surface area contributed by atoms with E-state index in [0.29, 0.717) is 22.0 Å². The SMILES string of the molecule is CC(F)(F)c1ccc(C2=NCc3c(Cl)cc(F)cc3-n3cccc32)cc1. The van der Waals surface area contributed by atoms with Crippen molar-refractivity contribution in [3.8, 4) is 5.69 Å². The number of hydrogen-bond donors (Lipinski definition) is 0. The van der Waals surface area contributed by atoms with Gasteiger partial charge < -0.3 is 4.57 Å². The fourth-order valence-corrected chi connectivity index (χ4v) is 3.41. The molecule has 0 saturated heterocycles. The second-order valence-corrected chi connectivity index (χ2v) is 6.69. The number of aliphatic imine (C=N–C) groups is 1. The van der Waals surface area contributed by atoms with Crippen LogP contribution < -0.4 is 0 Å². The highest BCUT2D eigenvalue weighted by molar-refractivity contribution is 6.31. The summed E-state index contributed by atoms with van der Waals surface area (Å²) in [6.07, 6.45) is 1.80. The lowest BCUT2D eigenvalue weighted by Crippen LogP contribution is -2.10. The van der Waals surface area contributed by atoms with Crippen LogP contribution in [0.25, 0.3) is 5.69 Å². The lowest BCUT2D eigenvalue weighted by atomic mass is 10.0. The number of alkyl halides is 2. The molecule has 0 unspecified atom stereocenters. The minimum atomic E-state index is -2.90. The van der Waals surface area contributed by atoms with E-state index in [9.17, 15) is 13.2 Å². The van der Waals surface area contributed by atoms with Gasteiger partial charge in [-0.05, 0) is 24.3 Å². The van der Waals surface area contributed by atoms with Crippen molar-refractivity contribution in [2.24, 2.45) is 4.99 Å². The molecule has 0 atom stereocenters. The normalized spacial score (nSPS) is 13.7. The molecule has 0 radical (unpaired) electrons. The first-order valence-electron chi connectivity index (χ1n) is 8.04. The monoisotopic (exact) mass is 374 g/mol. The summed E-state index contributed by atoms with van der Waals surface area (Å²) in [6.45, 7) is 1.14. The Morgan fingerprint density at radius 2 is 1.85 bits per heavy atom. The highest BCUT2D eigenvalue weighted by atomic mass is 35.5. The number of aromatic nitrogens is 1. The van der Waals surface area contributed by atoms with Gasteiger partial charge in [0.1, 0.15) is 5.82 Å². The Morgan fingerprint density at radius 1 is 1.12 bits per heavy atom. The Bertz CT molecular complexity index is 1010. The summed E-state index contributed by atoms with van der Waals surface area (Å²) in [5.74, 6) is -3.32. The van der Waals surface area contributed by atoms with Crippen LogP contribution in [0.5, 0.6) is 0 Å². The molecule has 4 rings (SSSR count). The molecule has 3 aromatic rings. The lowest BCUT2D eigenvalue weighted by molar-refractivity contribution is 0.0175. The maximum absolute atomic E-state index is 13.9. The Morgan fingerprint density at radius 3 is 2.54 bits per heavy atom. The fraction of sp³-hybridized carbons (Fsp3) is 0.150. The summed E-state index contributed by atoms with van der Waals surface area (Å²) >= 11 is 6.21. The fourth-order valence-electron chi connectivity index (χ4n) is 3.14. The van der Waals surface area contributed by atoms with E-state index in [-0.39, 0.29) is 12.1 Å². The summed E-state index contributed by atoms with van der Waals surface area (Å²) in [6, 6.07) is 12.4. The third-order valence-corrected chi connectivity index (χ3v) is 4.79. The molecule has 0 fully saturated rings. The van der Waals surface area contributed by atoms with E-state index in [0.717, 1.165) is 18.2 Å². The molecule has 2 heterocycles. The maximum Gasteiger partial charge on any atom is 0.270 e. The van der Waals surface area contributed by atoms with Crippen molar-refractivity contribution in [1.82, 2.24) is 4.57 Å². The van der Waals surface area contributed by atoms with Gasteiger partial charge in [0.15, 0.2) is 0 Å². The van der Waals surface area contributed by atoms with Gasteiger partial charge in [0.25, 0.3) is 5.92 Å². The summed E-state index contributed by atoms with van der Waals surface area (Å²) in [4.78, 5) is 4.63. The minimum Gasteiger partial charge on any atom is -0.315 e. The molecular formula is C20H14ClF3N2. The molecule has 1 aliphatic rings. The number of benzene rings is 2. The van der Waals surface area contributed by atoms with Crippen LogP contribution >= 0.6 is 11.6 Å². The molecule has 2 nitrogen and oxygen atoms in total. The molecule has 2 aromatic carbocycles. The van der Waals surface area contributed by atoms with Crippen molar-refractivity contribution in [2.45, 2.75) is 19.4 Å². The number of rotatable bonds is 2. The first-order chi connectivity index (χ1) is 12.3. The van der Waals surface area contributed by atoms with E-state index in [2.05, 4.69) is 4.99 Å². The standard InChI is InChI=1S/C20H14ClF3N2/c1-20(23,24)13-6-4-12(5-7-13)19-17-3-2-8-26(17)18-10-14(22)9-16(21)15(18)11-25-19/h2-10H,11H2,1H3. The first kappa shape index (κ1) is 16.9. The number of nitrogens with zero attached hydrogens (tertiary/aromatic N) is 2.